The van der Waals surface area contributed by atoms with Gasteiger partial charge in [-0.3, -0.25) is 9.78 Å². The Morgan fingerprint density at radius 1 is 1.29 bits per heavy atom. The lowest BCUT2D eigenvalue weighted by molar-refractivity contribution is -0.137. The van der Waals surface area contributed by atoms with Crippen LogP contribution in [0.5, 0.6) is 0 Å². The standard InChI is InChI=1S/C15H14N2O3S/c1-2-20-15(19)7-6-11(18)9-14-17-13(10-21-14)12-5-3-4-8-16-12/h3-8,10H,2,9H2,1H3/b7-6+. The number of allylic oxidation sites excluding steroid dienone is 1. The molecule has 0 aromatic carbocycles. The summed E-state index contributed by atoms with van der Waals surface area (Å²) >= 11 is 1.40. The molecule has 2 aromatic heterocycles. The van der Waals surface area contributed by atoms with E-state index in [-0.39, 0.29) is 18.8 Å². The number of nitrogens with zero attached hydrogens (tertiary/aromatic N) is 2. The minimum Gasteiger partial charge on any atom is -0.463 e. The van der Waals surface area contributed by atoms with Crippen LogP contribution in [-0.2, 0) is 20.7 Å². The van der Waals surface area contributed by atoms with Crippen LogP contribution in [0.3, 0.4) is 0 Å². The number of thiazole rings is 1. The fraction of sp³-hybridized carbons (Fsp3) is 0.200. The molecule has 2 rings (SSSR count). The Kier molecular flexibility index (Phi) is 5.34. The molecule has 0 saturated heterocycles. The second-order valence-corrected chi connectivity index (χ2v) is 5.01. The zero-order chi connectivity index (χ0) is 15.1. The van der Waals surface area contributed by atoms with Crippen molar-refractivity contribution in [2.75, 3.05) is 6.61 Å². The van der Waals surface area contributed by atoms with Gasteiger partial charge in [0.25, 0.3) is 0 Å². The van der Waals surface area contributed by atoms with Crippen LogP contribution in [0.15, 0.2) is 41.9 Å². The molecule has 0 bridgehead atoms. The first-order valence-corrected chi connectivity index (χ1v) is 7.30. The predicted octanol–water partition coefficient (Wildman–Crippen LogP) is 2.44. The molecule has 108 valence electrons. The summed E-state index contributed by atoms with van der Waals surface area (Å²) in [4.78, 5) is 31.4. The number of carbonyl (C=O) groups is 2. The maximum atomic E-state index is 11.7. The Labute approximate surface area is 126 Å². The summed E-state index contributed by atoms with van der Waals surface area (Å²) in [6.07, 6.45) is 4.22. The summed E-state index contributed by atoms with van der Waals surface area (Å²) < 4.78 is 4.71. The van der Waals surface area contributed by atoms with E-state index < -0.39 is 5.97 Å². The molecule has 0 amide bonds. The van der Waals surface area contributed by atoms with Crippen molar-refractivity contribution in [3.63, 3.8) is 0 Å². The van der Waals surface area contributed by atoms with Crippen molar-refractivity contribution in [1.82, 2.24) is 9.97 Å². The average Bonchev–Trinajstić information content (AvgIpc) is 2.95. The van der Waals surface area contributed by atoms with Gasteiger partial charge in [0.15, 0.2) is 5.78 Å². The lowest BCUT2D eigenvalue weighted by Gasteiger charge is -1.95. The van der Waals surface area contributed by atoms with Crippen molar-refractivity contribution in [2.24, 2.45) is 0 Å². The number of carbonyl (C=O) groups excluding carboxylic acids is 2. The molecule has 2 heterocycles. The molecule has 0 aliphatic heterocycles. The topological polar surface area (TPSA) is 69.2 Å². The van der Waals surface area contributed by atoms with Gasteiger partial charge in [0.1, 0.15) is 5.01 Å². The molecule has 2 aromatic rings. The van der Waals surface area contributed by atoms with E-state index in [2.05, 4.69) is 9.97 Å². The van der Waals surface area contributed by atoms with E-state index in [1.165, 1.54) is 17.4 Å². The number of ether oxygens (including phenoxy) is 1. The van der Waals surface area contributed by atoms with Gasteiger partial charge in [0.05, 0.1) is 24.4 Å². The molecule has 21 heavy (non-hydrogen) atoms. The maximum Gasteiger partial charge on any atom is 0.330 e. The Balaban J connectivity index is 1.97. The van der Waals surface area contributed by atoms with E-state index in [1.54, 1.807) is 13.1 Å². The monoisotopic (exact) mass is 302 g/mol. The molecule has 5 nitrogen and oxygen atoms in total. The molecule has 0 spiro atoms. The fourth-order valence-electron chi connectivity index (χ4n) is 1.58. The lowest BCUT2D eigenvalue weighted by atomic mass is 10.2. The van der Waals surface area contributed by atoms with Gasteiger partial charge in [-0.1, -0.05) is 6.07 Å². The first kappa shape index (κ1) is 15.1. The van der Waals surface area contributed by atoms with E-state index in [9.17, 15) is 9.59 Å². The normalized spacial score (nSPS) is 10.7. The largest absolute Gasteiger partial charge is 0.463 e. The van der Waals surface area contributed by atoms with Crippen LogP contribution in [0.2, 0.25) is 0 Å². The van der Waals surface area contributed by atoms with Crippen LogP contribution in [-0.4, -0.2) is 28.3 Å². The van der Waals surface area contributed by atoms with Crippen molar-refractivity contribution in [3.8, 4) is 11.4 Å². The van der Waals surface area contributed by atoms with Gasteiger partial charge >= 0.3 is 5.97 Å². The Morgan fingerprint density at radius 2 is 2.14 bits per heavy atom. The highest BCUT2D eigenvalue weighted by Gasteiger charge is 2.08. The van der Waals surface area contributed by atoms with Gasteiger partial charge in [-0.05, 0) is 25.1 Å². The van der Waals surface area contributed by atoms with Crippen LogP contribution in [0, 0.1) is 0 Å². The molecule has 0 aliphatic rings. The quantitative estimate of drug-likeness (QED) is 0.605. The Morgan fingerprint density at radius 3 is 2.86 bits per heavy atom. The smallest absolute Gasteiger partial charge is 0.330 e. The maximum absolute atomic E-state index is 11.7. The number of hydrogen-bond donors (Lipinski definition) is 0. The number of pyridine rings is 1. The summed E-state index contributed by atoms with van der Waals surface area (Å²) in [7, 11) is 0. The number of ketones is 1. The molecule has 0 aliphatic carbocycles. The van der Waals surface area contributed by atoms with Crippen LogP contribution in [0.25, 0.3) is 11.4 Å². The van der Waals surface area contributed by atoms with E-state index in [1.807, 2.05) is 23.6 Å². The van der Waals surface area contributed by atoms with Crippen LogP contribution < -0.4 is 0 Å². The van der Waals surface area contributed by atoms with E-state index in [0.29, 0.717) is 5.01 Å². The first-order chi connectivity index (χ1) is 10.2. The van der Waals surface area contributed by atoms with Gasteiger partial charge in [-0.15, -0.1) is 11.3 Å². The SMILES string of the molecule is CCOC(=O)/C=C/C(=O)Cc1nc(-c2ccccn2)cs1. The van der Waals surface area contributed by atoms with E-state index in [0.717, 1.165) is 17.5 Å². The highest BCUT2D eigenvalue weighted by atomic mass is 32.1. The van der Waals surface area contributed by atoms with E-state index in [4.69, 9.17) is 4.74 Å². The lowest BCUT2D eigenvalue weighted by Crippen LogP contribution is -2.03. The second-order valence-electron chi connectivity index (χ2n) is 4.07. The van der Waals surface area contributed by atoms with Gasteiger partial charge in [0.2, 0.25) is 0 Å². The Hall–Kier alpha value is -2.34. The molecule has 0 fully saturated rings. The van der Waals surface area contributed by atoms with E-state index >= 15 is 0 Å². The minimum absolute atomic E-state index is 0.160. The summed E-state index contributed by atoms with van der Waals surface area (Å²) in [6.45, 7) is 2.00. The Bertz CT molecular complexity index is 650. The molecule has 0 atom stereocenters. The summed E-state index contributed by atoms with van der Waals surface area (Å²) in [6, 6.07) is 5.58. The number of hydrogen-bond acceptors (Lipinski definition) is 6. The molecule has 6 heteroatoms. The summed E-state index contributed by atoms with van der Waals surface area (Å²) in [5.74, 6) is -0.705. The third-order valence-corrected chi connectivity index (χ3v) is 3.35. The van der Waals surface area contributed by atoms with Gasteiger partial charge < -0.3 is 4.74 Å². The molecule has 0 unspecified atom stereocenters. The highest BCUT2D eigenvalue weighted by molar-refractivity contribution is 7.10. The van der Waals surface area contributed by atoms with Crippen molar-refractivity contribution < 1.29 is 14.3 Å². The first-order valence-electron chi connectivity index (χ1n) is 6.42. The molecular weight excluding hydrogens is 288 g/mol. The number of esters is 1. The molecule has 0 radical (unpaired) electrons. The minimum atomic E-state index is -0.515. The highest BCUT2D eigenvalue weighted by Crippen LogP contribution is 2.20. The summed E-state index contributed by atoms with van der Waals surface area (Å²) in [5.41, 5.74) is 1.52. The number of rotatable bonds is 6. The second kappa shape index (κ2) is 7.44. The van der Waals surface area contributed by atoms with Crippen molar-refractivity contribution in [2.45, 2.75) is 13.3 Å². The molecular formula is C15H14N2O3S. The fourth-order valence-corrected chi connectivity index (χ4v) is 2.38. The zero-order valence-corrected chi connectivity index (χ0v) is 12.3. The summed E-state index contributed by atoms with van der Waals surface area (Å²) in [5, 5.41) is 2.55. The molecule has 0 saturated carbocycles. The third kappa shape index (κ3) is 4.61. The van der Waals surface area contributed by atoms with Crippen molar-refractivity contribution in [3.05, 3.63) is 46.9 Å². The van der Waals surface area contributed by atoms with Gasteiger partial charge in [-0.25, -0.2) is 9.78 Å². The van der Waals surface area contributed by atoms with Gasteiger partial charge in [0, 0.05) is 17.7 Å². The van der Waals surface area contributed by atoms with Crippen LogP contribution in [0.4, 0.5) is 0 Å². The predicted molar refractivity (Wildman–Crippen MR) is 79.8 cm³/mol. The average molecular weight is 302 g/mol. The van der Waals surface area contributed by atoms with Crippen LogP contribution in [0.1, 0.15) is 11.9 Å². The molecule has 0 N–H and O–H groups in total. The van der Waals surface area contributed by atoms with Crippen molar-refractivity contribution >= 4 is 23.1 Å². The van der Waals surface area contributed by atoms with Crippen LogP contribution >= 0.6 is 11.3 Å². The number of aromatic nitrogens is 2. The van der Waals surface area contributed by atoms with Crippen molar-refractivity contribution in [1.29, 1.82) is 0 Å². The van der Waals surface area contributed by atoms with Gasteiger partial charge in [-0.2, -0.15) is 0 Å². The zero-order valence-electron chi connectivity index (χ0n) is 11.5. The third-order valence-electron chi connectivity index (χ3n) is 2.50.